The molecule has 5 nitrogen and oxygen atoms in total. The van der Waals surface area contributed by atoms with Crippen molar-refractivity contribution in [1.82, 2.24) is 4.98 Å². The number of ether oxygens (including phenoxy) is 1. The molecule has 0 unspecified atom stereocenters. The molecular weight excluding hydrogens is 431 g/mol. The first-order valence-electron chi connectivity index (χ1n) is 11.4. The van der Waals surface area contributed by atoms with Gasteiger partial charge >= 0.3 is 5.97 Å². The van der Waals surface area contributed by atoms with Crippen molar-refractivity contribution in [2.45, 2.75) is 26.7 Å². The number of halogens is 1. The first-order valence-corrected chi connectivity index (χ1v) is 11.4. The van der Waals surface area contributed by atoms with Crippen LogP contribution in [0.2, 0.25) is 0 Å². The smallest absolute Gasteiger partial charge is 0.303 e. The molecule has 0 fully saturated rings. The number of rotatable bonds is 9. The monoisotopic (exact) mass is 458 g/mol. The second-order valence-electron chi connectivity index (χ2n) is 8.05. The van der Waals surface area contributed by atoms with Gasteiger partial charge in [-0.05, 0) is 55.7 Å². The number of nitrogens with one attached hydrogen (secondary N) is 1. The maximum Gasteiger partial charge on any atom is 0.303 e. The predicted molar refractivity (Wildman–Crippen MR) is 134 cm³/mol. The van der Waals surface area contributed by atoms with E-state index < -0.39 is 5.97 Å². The van der Waals surface area contributed by atoms with Gasteiger partial charge in [0.25, 0.3) is 0 Å². The van der Waals surface area contributed by atoms with E-state index in [2.05, 4.69) is 5.32 Å². The van der Waals surface area contributed by atoms with Gasteiger partial charge in [-0.1, -0.05) is 42.5 Å². The van der Waals surface area contributed by atoms with Crippen LogP contribution in [0, 0.1) is 12.7 Å². The molecule has 4 rings (SSSR count). The summed E-state index contributed by atoms with van der Waals surface area (Å²) >= 11 is 0. The Morgan fingerprint density at radius 2 is 1.79 bits per heavy atom. The summed E-state index contributed by atoms with van der Waals surface area (Å²) in [5, 5.41) is 12.9. The van der Waals surface area contributed by atoms with Gasteiger partial charge in [-0.15, -0.1) is 0 Å². The molecule has 0 radical (unpaired) electrons. The van der Waals surface area contributed by atoms with Crippen molar-refractivity contribution in [3.63, 3.8) is 0 Å². The molecule has 0 saturated heterocycles. The summed E-state index contributed by atoms with van der Waals surface area (Å²) in [6, 6.07) is 20.6. The lowest BCUT2D eigenvalue weighted by molar-refractivity contribution is -0.137. The summed E-state index contributed by atoms with van der Waals surface area (Å²) < 4.78 is 19.8. The van der Waals surface area contributed by atoms with Gasteiger partial charge in [0.2, 0.25) is 0 Å². The van der Waals surface area contributed by atoms with Crippen molar-refractivity contribution < 1.29 is 19.0 Å². The van der Waals surface area contributed by atoms with Crippen molar-refractivity contribution in [1.29, 1.82) is 0 Å². The van der Waals surface area contributed by atoms with E-state index in [0.29, 0.717) is 30.5 Å². The number of nitrogens with zero attached hydrogens (tertiary/aromatic N) is 1. The highest BCUT2D eigenvalue weighted by Gasteiger charge is 2.15. The molecule has 1 aromatic heterocycles. The number of pyridine rings is 1. The number of hydrogen-bond donors (Lipinski definition) is 2. The van der Waals surface area contributed by atoms with Gasteiger partial charge in [0, 0.05) is 35.2 Å². The minimum atomic E-state index is -0.837. The molecule has 0 bridgehead atoms. The molecule has 6 heteroatoms. The summed E-state index contributed by atoms with van der Waals surface area (Å²) in [5.74, 6) is -0.337. The fourth-order valence-electron chi connectivity index (χ4n) is 4.09. The minimum Gasteiger partial charge on any atom is -0.493 e. The van der Waals surface area contributed by atoms with Crippen LogP contribution in [0.25, 0.3) is 33.3 Å². The Labute approximate surface area is 198 Å². The number of benzene rings is 3. The average molecular weight is 459 g/mol. The van der Waals surface area contributed by atoms with Crippen LogP contribution in [0.15, 0.2) is 66.7 Å². The first kappa shape index (κ1) is 23.2. The lowest BCUT2D eigenvalue weighted by atomic mass is 9.98. The van der Waals surface area contributed by atoms with Crippen LogP contribution in [-0.4, -0.2) is 29.2 Å². The molecule has 0 spiro atoms. The van der Waals surface area contributed by atoms with Crippen LogP contribution in [-0.2, 0) is 4.79 Å². The lowest BCUT2D eigenvalue weighted by Gasteiger charge is -2.17. The largest absolute Gasteiger partial charge is 0.493 e. The van der Waals surface area contributed by atoms with Gasteiger partial charge in [-0.2, -0.15) is 0 Å². The second kappa shape index (κ2) is 10.3. The highest BCUT2D eigenvalue weighted by Crippen LogP contribution is 2.36. The number of anilines is 1. The average Bonchev–Trinajstić information content (AvgIpc) is 2.83. The first-order chi connectivity index (χ1) is 16.5. The number of para-hydroxylation sites is 1. The highest BCUT2D eigenvalue weighted by atomic mass is 19.1. The lowest BCUT2D eigenvalue weighted by Crippen LogP contribution is -2.08. The van der Waals surface area contributed by atoms with Gasteiger partial charge in [0.05, 0.1) is 17.8 Å². The molecule has 0 aliphatic carbocycles. The third-order valence-corrected chi connectivity index (χ3v) is 5.72. The summed E-state index contributed by atoms with van der Waals surface area (Å²) in [7, 11) is 0. The molecule has 0 amide bonds. The summed E-state index contributed by atoms with van der Waals surface area (Å²) in [6.07, 6.45) is 0.540. The van der Waals surface area contributed by atoms with Crippen LogP contribution in [0.5, 0.6) is 5.75 Å². The van der Waals surface area contributed by atoms with E-state index in [1.165, 1.54) is 12.1 Å². The molecule has 174 valence electrons. The van der Waals surface area contributed by atoms with E-state index in [9.17, 15) is 9.18 Å². The quantitative estimate of drug-likeness (QED) is 0.273. The molecule has 0 saturated carbocycles. The van der Waals surface area contributed by atoms with Crippen LogP contribution in [0.4, 0.5) is 10.1 Å². The number of aromatic nitrogens is 1. The second-order valence-corrected chi connectivity index (χ2v) is 8.05. The number of carboxylic acids is 1. The SMILES string of the molecule is CCOc1ccccc1-c1ccc(-c2nc3ccc(F)cc3c(NCCCC(=O)O)c2C)cc1. The molecule has 2 N–H and O–H groups in total. The van der Waals surface area contributed by atoms with E-state index in [-0.39, 0.29) is 12.2 Å². The molecular formula is C28H27FN2O3. The summed E-state index contributed by atoms with van der Waals surface area (Å²) in [4.78, 5) is 15.7. The van der Waals surface area contributed by atoms with Gasteiger partial charge in [0.1, 0.15) is 11.6 Å². The van der Waals surface area contributed by atoms with Crippen LogP contribution in [0.3, 0.4) is 0 Å². The Balaban J connectivity index is 1.72. The fourth-order valence-corrected chi connectivity index (χ4v) is 4.09. The Morgan fingerprint density at radius 1 is 1.06 bits per heavy atom. The van der Waals surface area contributed by atoms with E-state index in [1.54, 1.807) is 6.07 Å². The Morgan fingerprint density at radius 3 is 2.53 bits per heavy atom. The maximum absolute atomic E-state index is 14.0. The zero-order valence-corrected chi connectivity index (χ0v) is 19.3. The van der Waals surface area contributed by atoms with Gasteiger partial charge < -0.3 is 15.2 Å². The van der Waals surface area contributed by atoms with E-state index in [0.717, 1.165) is 39.4 Å². The third-order valence-electron chi connectivity index (χ3n) is 5.72. The van der Waals surface area contributed by atoms with Gasteiger partial charge in [0.15, 0.2) is 0 Å². The highest BCUT2D eigenvalue weighted by molar-refractivity contribution is 5.96. The number of fused-ring (bicyclic) bond motifs is 1. The van der Waals surface area contributed by atoms with Crippen LogP contribution in [0.1, 0.15) is 25.3 Å². The van der Waals surface area contributed by atoms with Crippen LogP contribution >= 0.6 is 0 Å². The minimum absolute atomic E-state index is 0.0704. The van der Waals surface area contributed by atoms with E-state index >= 15 is 0 Å². The Bertz CT molecular complexity index is 1320. The molecule has 0 aliphatic rings. The number of carboxylic acid groups (broad SMARTS) is 1. The molecule has 4 aromatic rings. The summed E-state index contributed by atoms with van der Waals surface area (Å²) in [5.41, 5.74) is 6.13. The third kappa shape index (κ3) is 5.01. The Kier molecular flexibility index (Phi) is 7.07. The standard InChI is InChI=1S/C28H27FN2O3/c1-3-34-25-8-5-4-7-22(25)19-10-12-20(13-11-19)27-18(2)28(30-16-6-9-26(32)33)23-17-21(29)14-15-24(23)31-27/h4-5,7-8,10-15,17H,3,6,9,16H2,1-2H3,(H,30,31)(H,32,33). The molecule has 1 heterocycles. The normalized spacial score (nSPS) is 10.9. The molecule has 0 aliphatic heterocycles. The fraction of sp³-hybridized carbons (Fsp3) is 0.214. The topological polar surface area (TPSA) is 71.5 Å². The van der Waals surface area contributed by atoms with E-state index in [4.69, 9.17) is 14.8 Å². The zero-order chi connectivity index (χ0) is 24.1. The molecule has 3 aromatic carbocycles. The number of aliphatic carboxylic acids is 1. The van der Waals surface area contributed by atoms with Crippen molar-refractivity contribution in [3.05, 3.63) is 78.1 Å². The number of hydrogen-bond acceptors (Lipinski definition) is 4. The van der Waals surface area contributed by atoms with Crippen LogP contribution < -0.4 is 10.1 Å². The van der Waals surface area contributed by atoms with Crippen molar-refractivity contribution in [2.75, 3.05) is 18.5 Å². The predicted octanol–water partition coefficient (Wildman–Crippen LogP) is 6.69. The van der Waals surface area contributed by atoms with Crippen molar-refractivity contribution in [2.24, 2.45) is 0 Å². The number of carbonyl (C=O) groups is 1. The summed E-state index contributed by atoms with van der Waals surface area (Å²) in [6.45, 7) is 4.98. The maximum atomic E-state index is 14.0. The Hall–Kier alpha value is -3.93. The van der Waals surface area contributed by atoms with Crippen molar-refractivity contribution >= 4 is 22.6 Å². The van der Waals surface area contributed by atoms with Gasteiger partial charge in [-0.25, -0.2) is 9.37 Å². The molecule has 34 heavy (non-hydrogen) atoms. The molecule has 0 atom stereocenters. The van der Waals surface area contributed by atoms with Crippen molar-refractivity contribution in [3.8, 4) is 28.1 Å². The van der Waals surface area contributed by atoms with E-state index in [1.807, 2.05) is 62.4 Å². The zero-order valence-electron chi connectivity index (χ0n) is 19.3. The van der Waals surface area contributed by atoms with Gasteiger partial charge in [-0.3, -0.25) is 4.79 Å².